The summed E-state index contributed by atoms with van der Waals surface area (Å²) in [4.78, 5) is 25.0. The number of hydrogen-bond acceptors (Lipinski definition) is 15. The second kappa shape index (κ2) is 27.2. The van der Waals surface area contributed by atoms with E-state index in [0.717, 1.165) is 0 Å². The highest BCUT2D eigenvalue weighted by molar-refractivity contribution is 5.71. The second-order valence-electron chi connectivity index (χ2n) is 17.3. The van der Waals surface area contributed by atoms with Crippen molar-refractivity contribution in [1.82, 2.24) is 0 Å². The van der Waals surface area contributed by atoms with Crippen molar-refractivity contribution in [1.29, 1.82) is 0 Å². The van der Waals surface area contributed by atoms with Crippen LogP contribution < -0.4 is 5.73 Å². The molecule has 0 aromatic carbocycles. The molecule has 0 aromatic rings. The molecule has 0 aliphatic carbocycles. The number of cyclic esters (lactones) is 1. The fourth-order valence-corrected chi connectivity index (χ4v) is 7.88. The average molecular weight is 892 g/mol. The fourth-order valence-electron chi connectivity index (χ4n) is 7.88. The SMILES string of the molecule is CC1OC(O[C@H]2/C=C/C=C/C=C/C=C/C=C/C=C/C=C/[C@H](C)[C@@H](O)[C@@H](C)[C@H](C)OC(=O)C[C@H](O)C[C@H](O)CCC[C@H](O)C[C@H](O)C[C@]3(O)CC[C@@H](C(=O)O)[C@H](C2)O3)C(O)C(N)C1O. The number of nitrogens with two attached hydrogens (primary N) is 1. The summed E-state index contributed by atoms with van der Waals surface area (Å²) < 4.78 is 23.4. The highest BCUT2D eigenvalue weighted by atomic mass is 16.7. The molecule has 2 fully saturated rings. The maximum atomic E-state index is 12.6. The summed E-state index contributed by atoms with van der Waals surface area (Å²) in [6, 6.07) is -1.08. The monoisotopic (exact) mass is 891 g/mol. The minimum absolute atomic E-state index is 0.00160. The largest absolute Gasteiger partial charge is 0.481 e. The molecule has 11 N–H and O–H groups in total. The van der Waals surface area contributed by atoms with E-state index in [1.165, 1.54) is 0 Å². The highest BCUT2D eigenvalue weighted by Crippen LogP contribution is 2.38. The van der Waals surface area contributed by atoms with Gasteiger partial charge in [0.15, 0.2) is 12.1 Å². The molecule has 3 heterocycles. The summed E-state index contributed by atoms with van der Waals surface area (Å²) in [6.07, 6.45) is 11.8. The molecule has 0 aromatic heterocycles. The molecule has 5 unspecified atom stereocenters. The first kappa shape index (κ1) is 54.0. The van der Waals surface area contributed by atoms with Gasteiger partial charge in [-0.25, -0.2) is 0 Å². The third-order valence-electron chi connectivity index (χ3n) is 11.9. The molecule has 0 amide bonds. The molecule has 2 saturated heterocycles. The molecule has 63 heavy (non-hydrogen) atoms. The highest BCUT2D eigenvalue weighted by Gasteiger charge is 2.47. The van der Waals surface area contributed by atoms with E-state index in [1.807, 2.05) is 55.5 Å². The normalized spacial score (nSPS) is 44.2. The molecular formula is C47H73NO15. The number of carboxylic acids is 1. The van der Waals surface area contributed by atoms with E-state index in [0.29, 0.717) is 6.42 Å². The number of aliphatic hydroxyl groups is 8. The Morgan fingerprint density at radius 3 is 1.81 bits per heavy atom. The van der Waals surface area contributed by atoms with E-state index in [-0.39, 0.29) is 63.7 Å². The molecule has 17 atom stereocenters. The lowest BCUT2D eigenvalue weighted by molar-refractivity contribution is -0.295. The van der Waals surface area contributed by atoms with Gasteiger partial charge in [0.1, 0.15) is 12.2 Å². The first-order valence-electron chi connectivity index (χ1n) is 22.1. The zero-order valence-electron chi connectivity index (χ0n) is 36.9. The van der Waals surface area contributed by atoms with Gasteiger partial charge in [0.2, 0.25) is 0 Å². The fraction of sp³-hybridized carbons (Fsp3) is 0.660. The van der Waals surface area contributed by atoms with Gasteiger partial charge < -0.3 is 70.6 Å². The molecule has 3 aliphatic heterocycles. The Morgan fingerprint density at radius 1 is 0.698 bits per heavy atom. The van der Waals surface area contributed by atoms with Crippen molar-refractivity contribution in [3.8, 4) is 0 Å². The smallest absolute Gasteiger partial charge is 0.309 e. The van der Waals surface area contributed by atoms with Crippen molar-refractivity contribution >= 4 is 11.9 Å². The molecule has 0 radical (unpaired) electrons. The number of rotatable bonds is 3. The lowest BCUT2D eigenvalue weighted by Crippen LogP contribution is -2.61. The Hall–Kier alpha value is -3.36. The molecular weight excluding hydrogens is 819 g/mol. The molecule has 3 aliphatic rings. The topological polar surface area (TPSA) is 279 Å². The number of aliphatic carboxylic acids is 1. The summed E-state index contributed by atoms with van der Waals surface area (Å²) in [7, 11) is 0. The van der Waals surface area contributed by atoms with Gasteiger partial charge in [-0.2, -0.15) is 0 Å². The van der Waals surface area contributed by atoms with Gasteiger partial charge in [-0.15, -0.1) is 0 Å². The van der Waals surface area contributed by atoms with Gasteiger partial charge in [0.05, 0.1) is 73.3 Å². The van der Waals surface area contributed by atoms with E-state index >= 15 is 0 Å². The van der Waals surface area contributed by atoms with Gasteiger partial charge in [-0.05, 0) is 52.4 Å². The van der Waals surface area contributed by atoms with E-state index in [9.17, 15) is 55.5 Å². The van der Waals surface area contributed by atoms with E-state index in [1.54, 1.807) is 57.2 Å². The standard InChI is InChI=1S/C47H73NO15/c1-29-18-15-13-11-9-7-5-6-8-10-12-14-16-21-37(62-46-44(56)41(48)43(55)32(4)61-46)27-39-38(45(57)58)22-23-47(59,63-39)28-36(52)25-34(50)20-17-19-33(49)24-35(51)26-40(53)60-31(3)30(2)42(29)54/h5-16,18,21,29-39,41-44,46,49-52,54-56,59H,17,19-20,22-28,48H2,1-4H3,(H,57,58)/b6-5+,9-7+,10-8+,13-11+,14-12+,18-15+,21-16+/t29-,30-,31-,32?,33+,34-,35+,36-,37-,38+,39-,41?,42+,43?,44?,46?,47-/m0/s1. The molecule has 356 valence electrons. The van der Waals surface area contributed by atoms with Crippen LogP contribution in [0.1, 0.15) is 91.9 Å². The van der Waals surface area contributed by atoms with Crippen LogP contribution in [0.3, 0.4) is 0 Å². The van der Waals surface area contributed by atoms with Gasteiger partial charge in [-0.1, -0.05) is 98.9 Å². The van der Waals surface area contributed by atoms with Gasteiger partial charge in [0, 0.05) is 31.1 Å². The third kappa shape index (κ3) is 18.9. The summed E-state index contributed by atoms with van der Waals surface area (Å²) in [5.74, 6) is -5.51. The minimum Gasteiger partial charge on any atom is -0.481 e. The van der Waals surface area contributed by atoms with Gasteiger partial charge in [-0.3, -0.25) is 9.59 Å². The summed E-state index contributed by atoms with van der Waals surface area (Å²) in [5.41, 5.74) is 6.04. The quantitative estimate of drug-likeness (QED) is 0.182. The van der Waals surface area contributed by atoms with Crippen molar-refractivity contribution in [3.63, 3.8) is 0 Å². The van der Waals surface area contributed by atoms with Crippen LogP contribution in [0.15, 0.2) is 85.1 Å². The molecule has 16 nitrogen and oxygen atoms in total. The summed E-state index contributed by atoms with van der Waals surface area (Å²) >= 11 is 0. The second-order valence-corrected chi connectivity index (χ2v) is 17.3. The van der Waals surface area contributed by atoms with Gasteiger partial charge in [0.25, 0.3) is 0 Å². The van der Waals surface area contributed by atoms with Gasteiger partial charge >= 0.3 is 11.9 Å². The summed E-state index contributed by atoms with van der Waals surface area (Å²) in [5, 5.41) is 96.3. The van der Waals surface area contributed by atoms with E-state index in [4.69, 9.17) is 24.7 Å². The van der Waals surface area contributed by atoms with E-state index in [2.05, 4.69) is 0 Å². The first-order valence-corrected chi connectivity index (χ1v) is 22.1. The lowest BCUT2D eigenvalue weighted by Gasteiger charge is -2.43. The number of aliphatic hydroxyl groups excluding tert-OH is 7. The Labute approximate surface area is 371 Å². The Balaban J connectivity index is 1.81. The predicted octanol–water partition coefficient (Wildman–Crippen LogP) is 2.77. The third-order valence-corrected chi connectivity index (χ3v) is 11.9. The Morgan fingerprint density at radius 2 is 1.24 bits per heavy atom. The molecule has 0 spiro atoms. The molecule has 0 saturated carbocycles. The Bertz CT molecular complexity index is 1600. The van der Waals surface area contributed by atoms with Crippen LogP contribution in [0.4, 0.5) is 0 Å². The number of hydrogen-bond donors (Lipinski definition) is 10. The number of ether oxygens (including phenoxy) is 4. The van der Waals surface area contributed by atoms with Crippen molar-refractivity contribution < 1.29 is 74.5 Å². The van der Waals surface area contributed by atoms with Crippen molar-refractivity contribution in [2.75, 3.05) is 0 Å². The summed E-state index contributed by atoms with van der Waals surface area (Å²) in [6.45, 7) is 6.88. The molecule has 3 rings (SSSR count). The van der Waals surface area contributed by atoms with Crippen molar-refractivity contribution in [2.45, 2.75) is 177 Å². The minimum atomic E-state index is -1.95. The maximum Gasteiger partial charge on any atom is 0.309 e. The number of carboxylic acid groups (broad SMARTS) is 1. The zero-order chi connectivity index (χ0) is 46.7. The van der Waals surface area contributed by atoms with Crippen molar-refractivity contribution in [2.24, 2.45) is 23.5 Å². The molecule has 16 heteroatoms. The van der Waals surface area contributed by atoms with Crippen LogP contribution in [-0.4, -0.2) is 143 Å². The number of carbonyl (C=O) groups is 2. The Kier molecular flexibility index (Phi) is 23.3. The zero-order valence-corrected chi connectivity index (χ0v) is 36.9. The lowest BCUT2D eigenvalue weighted by atomic mass is 9.85. The average Bonchev–Trinajstić information content (AvgIpc) is 3.20. The number of fused-ring (bicyclic) bond motifs is 2. The van der Waals surface area contributed by atoms with Crippen LogP contribution in [0.5, 0.6) is 0 Å². The van der Waals surface area contributed by atoms with Crippen LogP contribution >= 0.6 is 0 Å². The number of allylic oxidation sites excluding steroid dienone is 12. The first-order chi connectivity index (χ1) is 29.8. The number of esters is 1. The maximum absolute atomic E-state index is 12.6. The van der Waals surface area contributed by atoms with Crippen molar-refractivity contribution in [3.05, 3.63) is 85.1 Å². The van der Waals surface area contributed by atoms with Crippen LogP contribution in [-0.2, 0) is 28.5 Å². The predicted molar refractivity (Wildman–Crippen MR) is 234 cm³/mol. The van der Waals surface area contributed by atoms with Crippen LogP contribution in [0.25, 0.3) is 0 Å². The number of carbonyl (C=O) groups excluding carboxylic acids is 1. The van der Waals surface area contributed by atoms with E-state index < -0.39 is 109 Å². The van der Waals surface area contributed by atoms with Crippen LogP contribution in [0, 0.1) is 17.8 Å². The van der Waals surface area contributed by atoms with Crippen LogP contribution in [0.2, 0.25) is 0 Å². The molecule has 2 bridgehead atoms.